The summed E-state index contributed by atoms with van der Waals surface area (Å²) in [5, 5.41) is 5.18. The zero-order valence-corrected chi connectivity index (χ0v) is 24.9. The molecule has 0 saturated carbocycles. The molecule has 1 aromatic heterocycles. The van der Waals surface area contributed by atoms with E-state index in [9.17, 15) is 14.4 Å². The Bertz CT molecular complexity index is 1490. The van der Waals surface area contributed by atoms with Crippen LogP contribution in [0.1, 0.15) is 59.0 Å². The molecule has 42 heavy (non-hydrogen) atoms. The SMILES string of the molecule is CN(CCCc1ccc(CN(C=O)OC(C)(C)C)cc1)CCNC(=O)c1ccc2c(ccn2C(=O)c2ccccc2)c1. The van der Waals surface area contributed by atoms with Crippen LogP contribution in [0.15, 0.2) is 85.1 Å². The lowest BCUT2D eigenvalue weighted by atomic mass is 10.1. The highest BCUT2D eigenvalue weighted by molar-refractivity contribution is 6.04. The molecule has 0 radical (unpaired) electrons. The number of likely N-dealkylation sites (N-methyl/N-ethyl adjacent to an activating group) is 1. The molecule has 0 bridgehead atoms. The number of carbonyl (C=O) groups excluding carboxylic acids is 3. The summed E-state index contributed by atoms with van der Waals surface area (Å²) in [4.78, 5) is 44.8. The number of aryl methyl sites for hydroxylation is 1. The minimum Gasteiger partial charge on any atom is -0.351 e. The largest absolute Gasteiger partial charge is 0.351 e. The van der Waals surface area contributed by atoms with Crippen molar-refractivity contribution in [1.82, 2.24) is 19.8 Å². The number of aromatic nitrogens is 1. The summed E-state index contributed by atoms with van der Waals surface area (Å²) in [6, 6.07) is 24.7. The molecule has 1 N–H and O–H groups in total. The summed E-state index contributed by atoms with van der Waals surface area (Å²) in [6.07, 6.45) is 4.39. The molecular formula is C34H40N4O4. The van der Waals surface area contributed by atoms with Gasteiger partial charge in [-0.25, -0.2) is 5.06 Å². The molecule has 8 nitrogen and oxygen atoms in total. The van der Waals surface area contributed by atoms with Gasteiger partial charge >= 0.3 is 0 Å². The average molecular weight is 569 g/mol. The van der Waals surface area contributed by atoms with Crippen molar-refractivity contribution in [2.75, 3.05) is 26.7 Å². The summed E-state index contributed by atoms with van der Waals surface area (Å²) in [5.41, 5.74) is 3.78. The van der Waals surface area contributed by atoms with E-state index < -0.39 is 5.60 Å². The summed E-state index contributed by atoms with van der Waals surface area (Å²) in [5.74, 6) is -0.232. The summed E-state index contributed by atoms with van der Waals surface area (Å²) in [7, 11) is 2.05. The van der Waals surface area contributed by atoms with Crippen molar-refractivity contribution in [2.24, 2.45) is 0 Å². The molecule has 1 heterocycles. The smallest absolute Gasteiger partial charge is 0.262 e. The first kappa shape index (κ1) is 30.7. The molecule has 4 aromatic rings. The van der Waals surface area contributed by atoms with Crippen molar-refractivity contribution >= 4 is 29.1 Å². The van der Waals surface area contributed by atoms with E-state index >= 15 is 0 Å². The van der Waals surface area contributed by atoms with E-state index in [1.807, 2.05) is 69.3 Å². The number of rotatable bonds is 13. The van der Waals surface area contributed by atoms with Crippen LogP contribution in [-0.2, 0) is 22.6 Å². The first-order valence-corrected chi connectivity index (χ1v) is 14.3. The van der Waals surface area contributed by atoms with Crippen molar-refractivity contribution in [3.8, 4) is 0 Å². The number of nitrogens with zero attached hydrogens (tertiary/aromatic N) is 3. The Morgan fingerprint density at radius 2 is 1.62 bits per heavy atom. The molecule has 0 spiro atoms. The van der Waals surface area contributed by atoms with Crippen molar-refractivity contribution in [3.05, 3.63) is 107 Å². The third-order valence-corrected chi connectivity index (χ3v) is 6.85. The maximum Gasteiger partial charge on any atom is 0.262 e. The van der Waals surface area contributed by atoms with E-state index in [-0.39, 0.29) is 11.8 Å². The zero-order valence-electron chi connectivity index (χ0n) is 24.9. The molecule has 0 atom stereocenters. The van der Waals surface area contributed by atoms with Crippen LogP contribution in [0.2, 0.25) is 0 Å². The van der Waals surface area contributed by atoms with Gasteiger partial charge < -0.3 is 10.2 Å². The average Bonchev–Trinajstić information content (AvgIpc) is 3.40. The zero-order chi connectivity index (χ0) is 30.1. The van der Waals surface area contributed by atoms with Crippen LogP contribution in [-0.4, -0.2) is 65.0 Å². The Morgan fingerprint density at radius 3 is 2.31 bits per heavy atom. The van der Waals surface area contributed by atoms with Crippen LogP contribution >= 0.6 is 0 Å². The number of hydrogen-bond acceptors (Lipinski definition) is 5. The maximum atomic E-state index is 12.9. The molecule has 0 aliphatic heterocycles. The fourth-order valence-corrected chi connectivity index (χ4v) is 4.74. The minimum atomic E-state index is -0.428. The summed E-state index contributed by atoms with van der Waals surface area (Å²) in [6.45, 7) is 8.33. The highest BCUT2D eigenvalue weighted by Gasteiger charge is 2.16. The topological polar surface area (TPSA) is 83.9 Å². The lowest BCUT2D eigenvalue weighted by Crippen LogP contribution is -2.33. The van der Waals surface area contributed by atoms with E-state index in [0.717, 1.165) is 42.4 Å². The van der Waals surface area contributed by atoms with E-state index in [1.54, 1.807) is 29.0 Å². The Balaban J connectivity index is 1.19. The van der Waals surface area contributed by atoms with Crippen LogP contribution in [0.25, 0.3) is 10.9 Å². The van der Waals surface area contributed by atoms with Gasteiger partial charge in [0.25, 0.3) is 11.8 Å². The monoisotopic (exact) mass is 568 g/mol. The lowest BCUT2D eigenvalue weighted by Gasteiger charge is -2.26. The number of nitrogens with one attached hydrogen (secondary N) is 1. The molecule has 0 fully saturated rings. The number of amides is 2. The van der Waals surface area contributed by atoms with Gasteiger partial charge in [-0.15, -0.1) is 0 Å². The van der Waals surface area contributed by atoms with Gasteiger partial charge in [0.2, 0.25) is 6.41 Å². The molecule has 8 heteroatoms. The molecule has 220 valence electrons. The third-order valence-electron chi connectivity index (χ3n) is 6.85. The quantitative estimate of drug-likeness (QED) is 0.175. The number of fused-ring (bicyclic) bond motifs is 1. The van der Waals surface area contributed by atoms with Gasteiger partial charge in [-0.05, 0) is 94.7 Å². The van der Waals surface area contributed by atoms with Crippen LogP contribution in [0.3, 0.4) is 0 Å². The van der Waals surface area contributed by atoms with Gasteiger partial charge in [0.15, 0.2) is 0 Å². The second-order valence-corrected chi connectivity index (χ2v) is 11.5. The molecule has 4 rings (SSSR count). The van der Waals surface area contributed by atoms with Gasteiger partial charge in [-0.2, -0.15) is 0 Å². The second kappa shape index (κ2) is 14.1. The van der Waals surface area contributed by atoms with Crippen LogP contribution in [0, 0.1) is 0 Å². The normalized spacial score (nSPS) is 11.5. The molecule has 0 unspecified atom stereocenters. The molecule has 0 saturated heterocycles. The highest BCUT2D eigenvalue weighted by Crippen LogP contribution is 2.19. The minimum absolute atomic E-state index is 0.101. The first-order valence-electron chi connectivity index (χ1n) is 14.3. The van der Waals surface area contributed by atoms with Gasteiger partial charge in [0.05, 0.1) is 17.7 Å². The molecule has 2 amide bonds. The molecule has 0 aliphatic carbocycles. The summed E-state index contributed by atoms with van der Waals surface area (Å²) < 4.78 is 1.61. The highest BCUT2D eigenvalue weighted by atomic mass is 16.7. The Kier molecular flexibility index (Phi) is 10.3. The van der Waals surface area contributed by atoms with Crippen LogP contribution < -0.4 is 5.32 Å². The fraction of sp³-hybridized carbons (Fsp3) is 0.324. The van der Waals surface area contributed by atoms with E-state index in [0.29, 0.717) is 30.6 Å². The molecular weight excluding hydrogens is 528 g/mol. The second-order valence-electron chi connectivity index (χ2n) is 11.5. The number of benzene rings is 3. The molecule has 0 aliphatic rings. The standard InChI is InChI=1S/C34H40N4O4/c1-34(2,3)42-37(25-39)24-27-14-12-26(13-15-27)9-8-20-36(4)22-19-35-32(40)30-16-17-31-29(23-30)18-21-38(31)33(41)28-10-6-5-7-11-28/h5-7,10-18,21,23,25H,8-9,19-20,22,24H2,1-4H3,(H,35,40). The van der Waals surface area contributed by atoms with Gasteiger partial charge in [0, 0.05) is 35.8 Å². The Morgan fingerprint density at radius 1 is 0.905 bits per heavy atom. The predicted octanol–water partition coefficient (Wildman–Crippen LogP) is 5.31. The van der Waals surface area contributed by atoms with Crippen molar-refractivity contribution in [2.45, 2.75) is 45.8 Å². The fourth-order valence-electron chi connectivity index (χ4n) is 4.74. The van der Waals surface area contributed by atoms with Crippen LogP contribution in [0.5, 0.6) is 0 Å². The van der Waals surface area contributed by atoms with Gasteiger partial charge in [-0.3, -0.25) is 23.8 Å². The van der Waals surface area contributed by atoms with Crippen molar-refractivity contribution in [1.29, 1.82) is 0 Å². The Hall–Kier alpha value is -4.27. The predicted molar refractivity (Wildman–Crippen MR) is 165 cm³/mol. The maximum absolute atomic E-state index is 12.9. The third kappa shape index (κ3) is 8.61. The first-order chi connectivity index (χ1) is 20.1. The molecule has 3 aromatic carbocycles. The summed E-state index contributed by atoms with van der Waals surface area (Å²) >= 11 is 0. The van der Waals surface area contributed by atoms with E-state index in [4.69, 9.17) is 4.84 Å². The number of hydroxylamine groups is 2. The van der Waals surface area contributed by atoms with Gasteiger partial charge in [-0.1, -0.05) is 42.5 Å². The van der Waals surface area contributed by atoms with Crippen molar-refractivity contribution in [3.63, 3.8) is 0 Å². The van der Waals surface area contributed by atoms with Crippen LogP contribution in [0.4, 0.5) is 0 Å². The van der Waals surface area contributed by atoms with Gasteiger partial charge in [0.1, 0.15) is 0 Å². The number of hydrogen-bond donors (Lipinski definition) is 1. The number of carbonyl (C=O) groups is 3. The lowest BCUT2D eigenvalue weighted by molar-refractivity contribution is -0.220. The van der Waals surface area contributed by atoms with Crippen molar-refractivity contribution < 1.29 is 19.2 Å². The van der Waals surface area contributed by atoms with E-state index in [2.05, 4.69) is 29.4 Å². The Labute approximate surface area is 247 Å². The van der Waals surface area contributed by atoms with E-state index in [1.165, 1.54) is 10.6 Å².